The van der Waals surface area contributed by atoms with Gasteiger partial charge < -0.3 is 19.9 Å². The van der Waals surface area contributed by atoms with Gasteiger partial charge in [-0.2, -0.15) is 4.98 Å². The molecule has 1 aliphatic heterocycles. The number of nitrogens with one attached hydrogen (secondary N) is 1. The Labute approximate surface area is 180 Å². The van der Waals surface area contributed by atoms with E-state index in [0.717, 1.165) is 5.56 Å². The van der Waals surface area contributed by atoms with Gasteiger partial charge in [0.05, 0.1) is 19.7 Å². The summed E-state index contributed by atoms with van der Waals surface area (Å²) in [5.74, 6) is 2.56. The third-order valence-electron chi connectivity index (χ3n) is 4.59. The number of aromatic nitrogens is 4. The fourth-order valence-corrected chi connectivity index (χ4v) is 5.01. The van der Waals surface area contributed by atoms with E-state index in [1.807, 2.05) is 0 Å². The Kier molecular flexibility index (Phi) is 6.82. The first-order chi connectivity index (χ1) is 14.6. The molecule has 8 nitrogen and oxygen atoms in total. The number of rotatable bonds is 7. The van der Waals surface area contributed by atoms with E-state index < -0.39 is 11.2 Å². The molecule has 0 saturated carbocycles. The molecule has 30 heavy (non-hydrogen) atoms. The molecule has 0 spiro atoms. The van der Waals surface area contributed by atoms with Gasteiger partial charge in [-0.15, -0.1) is 0 Å². The summed E-state index contributed by atoms with van der Waals surface area (Å²) in [6.45, 7) is 1.53. The molecule has 4 rings (SSSR count). The van der Waals surface area contributed by atoms with Crippen molar-refractivity contribution in [3.8, 4) is 0 Å². The molecule has 3 heterocycles. The molecule has 1 fully saturated rings. The van der Waals surface area contributed by atoms with Gasteiger partial charge in [0.15, 0.2) is 5.82 Å². The minimum absolute atomic E-state index is 0.0448. The van der Waals surface area contributed by atoms with E-state index in [-0.39, 0.29) is 12.4 Å². The Morgan fingerprint density at radius 1 is 1.13 bits per heavy atom. The highest BCUT2D eigenvalue weighted by Gasteiger charge is 2.24. The zero-order valence-electron chi connectivity index (χ0n) is 16.1. The fraction of sp³-hybridized carbons (Fsp3) is 0.368. The number of halogens is 1. The van der Waals surface area contributed by atoms with E-state index in [0.29, 0.717) is 64.7 Å². The van der Waals surface area contributed by atoms with Crippen LogP contribution in [0.4, 0.5) is 16.2 Å². The van der Waals surface area contributed by atoms with Crippen LogP contribution in [0.5, 0.6) is 0 Å². The normalized spacial score (nSPS) is 15.0. The predicted octanol–water partition coefficient (Wildman–Crippen LogP) is 1.82. The Balaban J connectivity index is 1.68. The molecule has 1 saturated heterocycles. The SMILES string of the molecule is [O-][S+]1CCN(c2nc(NCCO)nc3c(SCc4ccc(F)cc4)ncnc23)CC1. The van der Waals surface area contributed by atoms with Gasteiger partial charge in [-0.25, -0.2) is 19.3 Å². The molecule has 0 atom stereocenters. The first-order valence-corrected chi connectivity index (χ1v) is 12.0. The number of benzene rings is 1. The topological polar surface area (TPSA) is 110 Å². The molecule has 3 aromatic rings. The zero-order valence-corrected chi connectivity index (χ0v) is 17.8. The number of fused-ring (bicyclic) bond motifs is 1. The van der Waals surface area contributed by atoms with Crippen molar-refractivity contribution in [3.63, 3.8) is 0 Å². The summed E-state index contributed by atoms with van der Waals surface area (Å²) in [5.41, 5.74) is 2.22. The lowest BCUT2D eigenvalue weighted by Gasteiger charge is -2.29. The minimum Gasteiger partial charge on any atom is -0.616 e. The van der Waals surface area contributed by atoms with Gasteiger partial charge in [-0.1, -0.05) is 35.1 Å². The lowest BCUT2D eigenvalue weighted by molar-refractivity contribution is 0.311. The molecule has 11 heteroatoms. The van der Waals surface area contributed by atoms with Crippen LogP contribution in [0.2, 0.25) is 0 Å². The second kappa shape index (κ2) is 9.73. The maximum Gasteiger partial charge on any atom is 0.225 e. The molecule has 1 aromatic carbocycles. The second-order valence-electron chi connectivity index (χ2n) is 6.65. The average molecular weight is 449 g/mol. The van der Waals surface area contributed by atoms with Gasteiger partial charge in [0.25, 0.3) is 0 Å². The molecule has 0 unspecified atom stereocenters. The van der Waals surface area contributed by atoms with E-state index in [4.69, 9.17) is 5.11 Å². The van der Waals surface area contributed by atoms with Crippen molar-refractivity contribution in [2.24, 2.45) is 0 Å². The lowest BCUT2D eigenvalue weighted by Crippen LogP contribution is -2.41. The summed E-state index contributed by atoms with van der Waals surface area (Å²) in [6, 6.07) is 6.36. The molecule has 0 radical (unpaired) electrons. The van der Waals surface area contributed by atoms with Crippen molar-refractivity contribution in [3.05, 3.63) is 42.0 Å². The highest BCUT2D eigenvalue weighted by Crippen LogP contribution is 2.31. The van der Waals surface area contributed by atoms with Crippen molar-refractivity contribution >= 4 is 45.7 Å². The van der Waals surface area contributed by atoms with Crippen LogP contribution in [0, 0.1) is 5.82 Å². The number of thioether (sulfide) groups is 1. The average Bonchev–Trinajstić information content (AvgIpc) is 2.77. The summed E-state index contributed by atoms with van der Waals surface area (Å²) in [4.78, 5) is 20.1. The van der Waals surface area contributed by atoms with E-state index in [2.05, 4.69) is 30.2 Å². The van der Waals surface area contributed by atoms with Gasteiger partial charge in [0.2, 0.25) is 5.95 Å². The first-order valence-electron chi connectivity index (χ1n) is 9.48. The number of nitrogens with zero attached hydrogens (tertiary/aromatic N) is 5. The second-order valence-corrected chi connectivity index (χ2v) is 9.31. The molecule has 2 aromatic heterocycles. The highest BCUT2D eigenvalue weighted by molar-refractivity contribution is 7.98. The van der Waals surface area contributed by atoms with Crippen molar-refractivity contribution < 1.29 is 14.0 Å². The molecular weight excluding hydrogens is 427 g/mol. The van der Waals surface area contributed by atoms with Gasteiger partial charge in [0.1, 0.15) is 39.7 Å². The summed E-state index contributed by atoms with van der Waals surface area (Å²) in [6.07, 6.45) is 1.49. The summed E-state index contributed by atoms with van der Waals surface area (Å²) in [5, 5.41) is 12.9. The zero-order chi connectivity index (χ0) is 20.9. The van der Waals surface area contributed by atoms with E-state index in [9.17, 15) is 8.94 Å². The van der Waals surface area contributed by atoms with E-state index >= 15 is 0 Å². The van der Waals surface area contributed by atoms with E-state index in [1.165, 1.54) is 30.2 Å². The van der Waals surface area contributed by atoms with Crippen molar-refractivity contribution in [1.82, 2.24) is 19.9 Å². The van der Waals surface area contributed by atoms with Gasteiger partial charge in [-0.05, 0) is 17.7 Å². The molecule has 158 valence electrons. The Morgan fingerprint density at radius 2 is 1.90 bits per heavy atom. The largest absolute Gasteiger partial charge is 0.616 e. The van der Waals surface area contributed by atoms with Crippen molar-refractivity contribution in [2.45, 2.75) is 10.8 Å². The van der Waals surface area contributed by atoms with Gasteiger partial charge in [0, 0.05) is 12.3 Å². The van der Waals surface area contributed by atoms with Crippen LogP contribution in [0.3, 0.4) is 0 Å². The summed E-state index contributed by atoms with van der Waals surface area (Å²) < 4.78 is 24.9. The third kappa shape index (κ3) is 4.91. The van der Waals surface area contributed by atoms with Crippen LogP contribution in [-0.4, -0.2) is 67.3 Å². The Bertz CT molecular complexity index is 1000. The highest BCUT2D eigenvalue weighted by atomic mass is 32.2. The van der Waals surface area contributed by atoms with Crippen molar-refractivity contribution in [1.29, 1.82) is 0 Å². The van der Waals surface area contributed by atoms with Crippen LogP contribution in [0.1, 0.15) is 5.56 Å². The Morgan fingerprint density at radius 3 is 2.63 bits per heavy atom. The molecule has 2 N–H and O–H groups in total. The first kappa shape index (κ1) is 21.0. The maximum atomic E-state index is 13.2. The number of aliphatic hydroxyl groups excluding tert-OH is 1. The summed E-state index contributed by atoms with van der Waals surface area (Å²) >= 11 is 0.683. The predicted molar refractivity (Wildman–Crippen MR) is 117 cm³/mol. The smallest absolute Gasteiger partial charge is 0.225 e. The van der Waals surface area contributed by atoms with Crippen LogP contribution in [0.25, 0.3) is 11.0 Å². The minimum atomic E-state index is -0.806. The molecule has 0 aliphatic carbocycles. The molecule has 1 aliphatic rings. The van der Waals surface area contributed by atoms with E-state index in [1.54, 1.807) is 12.1 Å². The standard InChI is InChI=1S/C19H21FN6O2S2/c20-14-3-1-13(2-4-14)11-29-18-16-15(22-12-23-18)17(25-19(24-16)21-5-8-27)26-6-9-30(28)10-7-26/h1-4,12,27H,5-11H2,(H,21,24,25). The van der Waals surface area contributed by atoms with Crippen LogP contribution >= 0.6 is 11.8 Å². The van der Waals surface area contributed by atoms with Crippen LogP contribution in [0.15, 0.2) is 35.6 Å². The van der Waals surface area contributed by atoms with Crippen LogP contribution in [-0.2, 0) is 16.9 Å². The third-order valence-corrected chi connectivity index (χ3v) is 6.92. The molecular formula is C19H21FN6O2S2. The molecule has 0 bridgehead atoms. The molecule has 0 amide bonds. The maximum absolute atomic E-state index is 13.2. The number of hydrogen-bond acceptors (Lipinski definition) is 9. The van der Waals surface area contributed by atoms with Crippen LogP contribution < -0.4 is 10.2 Å². The van der Waals surface area contributed by atoms with Gasteiger partial charge >= 0.3 is 0 Å². The van der Waals surface area contributed by atoms with Gasteiger partial charge in [-0.3, -0.25) is 0 Å². The number of hydrogen-bond donors (Lipinski definition) is 2. The Hall–Kier alpha value is -2.21. The van der Waals surface area contributed by atoms with Crippen molar-refractivity contribution in [2.75, 3.05) is 48.0 Å². The summed E-state index contributed by atoms with van der Waals surface area (Å²) in [7, 11) is 0. The lowest BCUT2D eigenvalue weighted by atomic mass is 10.2. The number of aliphatic hydroxyl groups is 1. The quantitative estimate of drug-likeness (QED) is 0.318. The fourth-order valence-electron chi connectivity index (χ4n) is 3.07. The number of anilines is 2. The monoisotopic (exact) mass is 448 g/mol.